The molecule has 0 saturated heterocycles. The number of carboxylic acid groups (broad SMARTS) is 1. The number of carboxylic acids is 1. The van der Waals surface area contributed by atoms with Crippen LogP contribution in [0.25, 0.3) is 0 Å². The van der Waals surface area contributed by atoms with Crippen molar-refractivity contribution >= 4 is 11.8 Å². The van der Waals surface area contributed by atoms with Crippen molar-refractivity contribution < 1.29 is 19.5 Å². The Balaban J connectivity index is 2.24. The minimum Gasteiger partial charge on any atom is -0.544 e. The highest BCUT2D eigenvalue weighted by atomic mass is 16.4. The number of amidine groups is 1. The van der Waals surface area contributed by atoms with Gasteiger partial charge in [0.2, 0.25) is 5.84 Å². The lowest BCUT2D eigenvalue weighted by Crippen LogP contribution is -2.54. The molecule has 0 aromatic rings. The van der Waals surface area contributed by atoms with E-state index in [0.717, 1.165) is 25.1 Å². The highest BCUT2D eigenvalue weighted by Gasteiger charge is 2.34. The van der Waals surface area contributed by atoms with E-state index in [0.29, 0.717) is 6.54 Å². The number of aliphatic hydroxyl groups is 1. The van der Waals surface area contributed by atoms with Crippen molar-refractivity contribution in [2.75, 3.05) is 19.7 Å². The van der Waals surface area contributed by atoms with Gasteiger partial charge in [-0.05, 0) is 6.42 Å². The lowest BCUT2D eigenvalue weighted by Gasteiger charge is -2.32. The SMILES string of the molecule is CCCCCCCCCCCC1=NC=C[N+]1(CCO)CC(=O)[O-]. The van der Waals surface area contributed by atoms with Gasteiger partial charge in [-0.25, -0.2) is 9.48 Å². The molecule has 5 nitrogen and oxygen atoms in total. The van der Waals surface area contributed by atoms with E-state index < -0.39 is 5.97 Å². The fraction of sp³-hybridized carbons (Fsp3) is 0.778. The first-order chi connectivity index (χ1) is 11.1. The van der Waals surface area contributed by atoms with Crippen LogP contribution in [-0.2, 0) is 4.79 Å². The summed E-state index contributed by atoms with van der Waals surface area (Å²) in [5, 5.41) is 20.2. The maximum atomic E-state index is 11.0. The summed E-state index contributed by atoms with van der Waals surface area (Å²) in [4.78, 5) is 15.3. The van der Waals surface area contributed by atoms with E-state index in [2.05, 4.69) is 11.9 Å². The van der Waals surface area contributed by atoms with Gasteiger partial charge in [0, 0.05) is 6.42 Å². The van der Waals surface area contributed by atoms with Crippen LogP contribution in [0.5, 0.6) is 0 Å². The summed E-state index contributed by atoms with van der Waals surface area (Å²) in [5.74, 6) is -0.268. The number of nitrogens with zero attached hydrogens (tertiary/aromatic N) is 2. The molecule has 0 saturated carbocycles. The molecule has 0 aromatic carbocycles. The lowest BCUT2D eigenvalue weighted by molar-refractivity contribution is -0.783. The van der Waals surface area contributed by atoms with Gasteiger partial charge in [0.25, 0.3) is 0 Å². The summed E-state index contributed by atoms with van der Waals surface area (Å²) in [7, 11) is 0. The molecule has 1 rings (SSSR count). The van der Waals surface area contributed by atoms with Crippen LogP contribution in [0, 0.1) is 0 Å². The van der Waals surface area contributed by atoms with Crippen molar-refractivity contribution in [2.24, 2.45) is 4.99 Å². The van der Waals surface area contributed by atoms with Crippen molar-refractivity contribution in [2.45, 2.75) is 71.1 Å². The van der Waals surface area contributed by atoms with Crippen LogP contribution in [0.1, 0.15) is 71.1 Å². The Kier molecular flexibility index (Phi) is 9.80. The second-order valence-electron chi connectivity index (χ2n) is 6.43. The molecule has 1 unspecified atom stereocenters. The van der Waals surface area contributed by atoms with Crippen molar-refractivity contribution in [1.82, 2.24) is 0 Å². The van der Waals surface area contributed by atoms with Gasteiger partial charge < -0.3 is 15.0 Å². The first-order valence-corrected chi connectivity index (χ1v) is 9.07. The molecule has 1 heterocycles. The Morgan fingerprint density at radius 3 is 2.30 bits per heavy atom. The number of aliphatic carboxylic acids is 1. The highest BCUT2D eigenvalue weighted by molar-refractivity contribution is 5.80. The zero-order chi connectivity index (χ0) is 17.0. The van der Waals surface area contributed by atoms with Crippen molar-refractivity contribution in [1.29, 1.82) is 0 Å². The van der Waals surface area contributed by atoms with Gasteiger partial charge in [0.15, 0.2) is 0 Å². The van der Waals surface area contributed by atoms with Gasteiger partial charge in [-0.2, -0.15) is 0 Å². The third kappa shape index (κ3) is 7.27. The van der Waals surface area contributed by atoms with Gasteiger partial charge in [-0.3, -0.25) is 0 Å². The van der Waals surface area contributed by atoms with E-state index in [1.165, 1.54) is 44.9 Å². The number of aliphatic imine (C=N–C) groups is 1. The quantitative estimate of drug-likeness (QED) is 0.394. The number of unbranched alkanes of at least 4 members (excludes halogenated alkanes) is 8. The topological polar surface area (TPSA) is 72.7 Å². The van der Waals surface area contributed by atoms with Crippen LogP contribution in [-0.4, -0.2) is 41.1 Å². The van der Waals surface area contributed by atoms with Gasteiger partial charge in [0.05, 0.1) is 18.8 Å². The van der Waals surface area contributed by atoms with Crippen LogP contribution in [0.4, 0.5) is 0 Å². The van der Waals surface area contributed by atoms with E-state index in [-0.39, 0.29) is 17.6 Å². The van der Waals surface area contributed by atoms with Gasteiger partial charge in [0.1, 0.15) is 19.3 Å². The third-order valence-electron chi connectivity index (χ3n) is 4.50. The first kappa shape index (κ1) is 19.8. The fourth-order valence-corrected chi connectivity index (χ4v) is 3.16. The maximum Gasteiger partial charge on any atom is 0.207 e. The molecule has 5 heteroatoms. The summed E-state index contributed by atoms with van der Waals surface area (Å²) in [6, 6.07) is 0. The minimum absolute atomic E-state index is 0.0611. The van der Waals surface area contributed by atoms with E-state index >= 15 is 0 Å². The Hall–Kier alpha value is -1.20. The molecule has 1 atom stereocenters. The molecule has 0 aromatic heterocycles. The van der Waals surface area contributed by atoms with E-state index in [1.807, 2.05) is 0 Å². The molecule has 0 fully saturated rings. The van der Waals surface area contributed by atoms with E-state index in [9.17, 15) is 15.0 Å². The number of hydrogen-bond donors (Lipinski definition) is 1. The molecule has 0 aliphatic carbocycles. The fourth-order valence-electron chi connectivity index (χ4n) is 3.16. The predicted molar refractivity (Wildman–Crippen MR) is 90.5 cm³/mol. The Bertz CT molecular complexity index is 407. The second-order valence-corrected chi connectivity index (χ2v) is 6.43. The molecule has 1 N–H and O–H groups in total. The minimum atomic E-state index is -1.11. The molecule has 0 bridgehead atoms. The standard InChI is InChI=1S/C18H32N2O3/c1-2-3-4-5-6-7-8-9-10-11-17-19-12-13-20(17,14-15-21)16-18(22)23/h12-13,21H,2-11,14-16H2,1H3. The highest BCUT2D eigenvalue weighted by Crippen LogP contribution is 2.21. The van der Waals surface area contributed by atoms with E-state index in [4.69, 9.17) is 0 Å². The Labute approximate surface area is 140 Å². The largest absolute Gasteiger partial charge is 0.544 e. The summed E-state index contributed by atoms with van der Waals surface area (Å²) in [6.45, 7) is 2.37. The number of aliphatic hydroxyl groups excluding tert-OH is 1. The number of carbonyl (C=O) groups excluding carboxylic acids is 1. The van der Waals surface area contributed by atoms with Crippen LogP contribution < -0.4 is 5.11 Å². The first-order valence-electron chi connectivity index (χ1n) is 9.07. The summed E-state index contributed by atoms with van der Waals surface area (Å²) in [5.41, 5.74) is 0. The molecular formula is C18H32N2O3. The van der Waals surface area contributed by atoms with Crippen molar-refractivity contribution in [3.05, 3.63) is 12.4 Å². The van der Waals surface area contributed by atoms with Crippen molar-refractivity contribution in [3.8, 4) is 0 Å². The number of carbonyl (C=O) groups is 1. The average molecular weight is 324 g/mol. The van der Waals surface area contributed by atoms with Crippen molar-refractivity contribution in [3.63, 3.8) is 0 Å². The molecule has 0 radical (unpaired) electrons. The third-order valence-corrected chi connectivity index (χ3v) is 4.50. The molecule has 1 aliphatic heterocycles. The van der Waals surface area contributed by atoms with Crippen LogP contribution in [0.15, 0.2) is 17.4 Å². The molecule has 23 heavy (non-hydrogen) atoms. The van der Waals surface area contributed by atoms with Gasteiger partial charge >= 0.3 is 0 Å². The smallest absolute Gasteiger partial charge is 0.207 e. The van der Waals surface area contributed by atoms with E-state index in [1.54, 1.807) is 12.4 Å². The molecule has 0 spiro atoms. The zero-order valence-electron chi connectivity index (χ0n) is 14.5. The molecule has 132 valence electrons. The van der Waals surface area contributed by atoms with Crippen LogP contribution in [0.2, 0.25) is 0 Å². The molecular weight excluding hydrogens is 292 g/mol. The van der Waals surface area contributed by atoms with Gasteiger partial charge in [-0.15, -0.1) is 0 Å². The monoisotopic (exact) mass is 324 g/mol. The summed E-state index contributed by atoms with van der Waals surface area (Å²) < 4.78 is 0.121. The Morgan fingerprint density at radius 1 is 1.13 bits per heavy atom. The maximum absolute atomic E-state index is 11.0. The summed E-state index contributed by atoms with van der Waals surface area (Å²) >= 11 is 0. The predicted octanol–water partition coefficient (Wildman–Crippen LogP) is 2.35. The second kappa shape index (κ2) is 11.4. The Morgan fingerprint density at radius 2 is 1.74 bits per heavy atom. The zero-order valence-corrected chi connectivity index (χ0v) is 14.5. The van der Waals surface area contributed by atoms with Gasteiger partial charge in [-0.1, -0.05) is 58.3 Å². The van der Waals surface area contributed by atoms with Crippen LogP contribution in [0.3, 0.4) is 0 Å². The number of rotatable bonds is 14. The normalized spacial score (nSPS) is 20.0. The number of quaternary nitrogens is 1. The van der Waals surface area contributed by atoms with Crippen LogP contribution >= 0.6 is 0 Å². The lowest BCUT2D eigenvalue weighted by atomic mass is 10.1. The molecule has 0 amide bonds. The molecule has 1 aliphatic rings. The average Bonchev–Trinajstić information content (AvgIpc) is 2.87. The summed E-state index contributed by atoms with van der Waals surface area (Å²) in [6.07, 6.45) is 15.5. The number of hydrogen-bond acceptors (Lipinski definition) is 4.